The van der Waals surface area contributed by atoms with Crippen LogP contribution in [-0.4, -0.2) is 45.7 Å². The van der Waals surface area contributed by atoms with Gasteiger partial charge in [-0.05, 0) is 30.3 Å². The Morgan fingerprint density at radius 2 is 1.74 bits per heavy atom. The van der Waals surface area contributed by atoms with Crippen molar-refractivity contribution < 1.29 is 23.8 Å². The number of carbonyl (C=O) groups is 2. The molecule has 0 saturated carbocycles. The van der Waals surface area contributed by atoms with Gasteiger partial charge < -0.3 is 30.6 Å². The van der Waals surface area contributed by atoms with Gasteiger partial charge in [0, 0.05) is 18.7 Å². The Bertz CT molecular complexity index is 795. The van der Waals surface area contributed by atoms with Crippen LogP contribution in [-0.2, 0) is 4.79 Å². The van der Waals surface area contributed by atoms with E-state index in [1.54, 1.807) is 42.5 Å². The lowest BCUT2D eigenvalue weighted by atomic mass is 10.2. The predicted octanol–water partition coefficient (Wildman–Crippen LogP) is 1.41. The van der Waals surface area contributed by atoms with E-state index in [2.05, 4.69) is 10.6 Å². The summed E-state index contributed by atoms with van der Waals surface area (Å²) in [7, 11) is 2.98. The Balaban J connectivity index is 2.00. The molecule has 144 valence electrons. The summed E-state index contributed by atoms with van der Waals surface area (Å²) in [4.78, 5) is 24.1. The van der Waals surface area contributed by atoms with Gasteiger partial charge in [0.2, 0.25) is 0 Å². The lowest BCUT2D eigenvalue weighted by Gasteiger charge is -2.13. The van der Waals surface area contributed by atoms with E-state index in [4.69, 9.17) is 19.9 Å². The number of nitrogens with one attached hydrogen (secondary N) is 2. The third-order valence-electron chi connectivity index (χ3n) is 3.60. The summed E-state index contributed by atoms with van der Waals surface area (Å²) in [5, 5.41) is 5.39. The molecule has 2 rings (SSSR count). The first-order valence-electron chi connectivity index (χ1n) is 8.31. The Morgan fingerprint density at radius 3 is 2.44 bits per heavy atom. The second-order valence-electron chi connectivity index (χ2n) is 5.45. The number of hydrogen-bond acceptors (Lipinski definition) is 6. The van der Waals surface area contributed by atoms with Crippen LogP contribution >= 0.6 is 0 Å². The fraction of sp³-hybridized carbons (Fsp3) is 0.263. The Kier molecular flexibility index (Phi) is 7.45. The van der Waals surface area contributed by atoms with Gasteiger partial charge >= 0.3 is 0 Å². The maximum absolute atomic E-state index is 12.1. The molecule has 0 spiro atoms. The minimum absolute atomic E-state index is 0.229. The van der Waals surface area contributed by atoms with E-state index in [1.807, 2.05) is 0 Å². The molecule has 8 heteroatoms. The van der Waals surface area contributed by atoms with Gasteiger partial charge in [0.15, 0.2) is 18.1 Å². The topological polar surface area (TPSA) is 112 Å². The molecule has 0 atom stereocenters. The highest BCUT2D eigenvalue weighted by molar-refractivity contribution is 5.95. The fourth-order valence-corrected chi connectivity index (χ4v) is 2.29. The first-order chi connectivity index (χ1) is 13.1. The molecule has 2 aromatic rings. The normalized spacial score (nSPS) is 10.0. The van der Waals surface area contributed by atoms with E-state index in [1.165, 1.54) is 14.2 Å². The second kappa shape index (κ2) is 10.0. The number of carbonyl (C=O) groups excluding carboxylic acids is 2. The zero-order valence-electron chi connectivity index (χ0n) is 15.3. The minimum Gasteiger partial charge on any atom is -0.495 e. The number of para-hydroxylation sites is 2. The quantitative estimate of drug-likeness (QED) is 0.613. The van der Waals surface area contributed by atoms with E-state index in [0.29, 0.717) is 41.6 Å². The minimum atomic E-state index is -0.355. The summed E-state index contributed by atoms with van der Waals surface area (Å²) >= 11 is 0. The summed E-state index contributed by atoms with van der Waals surface area (Å²) < 4.78 is 16.0. The monoisotopic (exact) mass is 373 g/mol. The van der Waals surface area contributed by atoms with Gasteiger partial charge in [0.1, 0.15) is 5.75 Å². The lowest BCUT2D eigenvalue weighted by molar-refractivity contribution is -0.118. The van der Waals surface area contributed by atoms with Crippen LogP contribution in [0.15, 0.2) is 42.5 Å². The molecule has 0 heterocycles. The number of anilines is 1. The van der Waals surface area contributed by atoms with Crippen molar-refractivity contribution in [3.05, 3.63) is 48.0 Å². The van der Waals surface area contributed by atoms with Crippen molar-refractivity contribution in [1.29, 1.82) is 0 Å². The Morgan fingerprint density at radius 1 is 1.00 bits per heavy atom. The Labute approximate surface area is 157 Å². The molecule has 2 aromatic carbocycles. The molecule has 0 bridgehead atoms. The predicted molar refractivity (Wildman–Crippen MR) is 102 cm³/mol. The van der Waals surface area contributed by atoms with Gasteiger partial charge in [0.05, 0.1) is 19.9 Å². The maximum Gasteiger partial charge on any atom is 0.262 e. The van der Waals surface area contributed by atoms with Crippen molar-refractivity contribution in [2.75, 3.05) is 39.2 Å². The van der Waals surface area contributed by atoms with Crippen LogP contribution in [0.4, 0.5) is 5.69 Å². The van der Waals surface area contributed by atoms with Gasteiger partial charge in [0.25, 0.3) is 11.8 Å². The molecule has 0 unspecified atom stereocenters. The fourth-order valence-electron chi connectivity index (χ4n) is 2.29. The smallest absolute Gasteiger partial charge is 0.262 e. The van der Waals surface area contributed by atoms with Crippen molar-refractivity contribution in [3.8, 4) is 17.2 Å². The van der Waals surface area contributed by atoms with Crippen molar-refractivity contribution >= 4 is 17.5 Å². The van der Waals surface area contributed by atoms with Crippen LogP contribution in [0.3, 0.4) is 0 Å². The molecular formula is C19H23N3O5. The molecule has 0 aliphatic rings. The van der Waals surface area contributed by atoms with E-state index in [9.17, 15) is 9.59 Å². The van der Waals surface area contributed by atoms with Gasteiger partial charge in [-0.2, -0.15) is 0 Å². The second-order valence-corrected chi connectivity index (χ2v) is 5.45. The van der Waals surface area contributed by atoms with Crippen molar-refractivity contribution in [1.82, 2.24) is 5.32 Å². The van der Waals surface area contributed by atoms with Crippen LogP contribution < -0.4 is 30.6 Å². The molecule has 27 heavy (non-hydrogen) atoms. The van der Waals surface area contributed by atoms with Crippen molar-refractivity contribution in [2.45, 2.75) is 0 Å². The highest BCUT2D eigenvalue weighted by Crippen LogP contribution is 2.28. The summed E-state index contributed by atoms with van der Waals surface area (Å²) in [6.07, 6.45) is 0. The average Bonchev–Trinajstić information content (AvgIpc) is 2.70. The number of ether oxygens (including phenoxy) is 3. The van der Waals surface area contributed by atoms with Crippen LogP contribution in [0.25, 0.3) is 0 Å². The molecular weight excluding hydrogens is 350 g/mol. The molecule has 0 aliphatic heterocycles. The maximum atomic E-state index is 12.1. The van der Waals surface area contributed by atoms with E-state index in [0.717, 1.165) is 0 Å². The summed E-state index contributed by atoms with van der Waals surface area (Å²) in [5.74, 6) is 0.630. The van der Waals surface area contributed by atoms with Crippen LogP contribution in [0, 0.1) is 0 Å². The number of benzene rings is 2. The van der Waals surface area contributed by atoms with Gasteiger partial charge in [-0.15, -0.1) is 0 Å². The zero-order valence-corrected chi connectivity index (χ0v) is 15.3. The third-order valence-corrected chi connectivity index (χ3v) is 3.60. The molecule has 0 saturated heterocycles. The van der Waals surface area contributed by atoms with Crippen molar-refractivity contribution in [3.63, 3.8) is 0 Å². The largest absolute Gasteiger partial charge is 0.495 e. The van der Waals surface area contributed by atoms with Gasteiger partial charge in [-0.25, -0.2) is 0 Å². The van der Waals surface area contributed by atoms with Crippen LogP contribution in [0.2, 0.25) is 0 Å². The first kappa shape index (κ1) is 20.1. The highest BCUT2D eigenvalue weighted by atomic mass is 16.5. The average molecular weight is 373 g/mol. The SMILES string of the molecule is COc1ccccc1NC(=O)COc1ccc(C(=O)NCCN)cc1OC. The molecule has 0 radical (unpaired) electrons. The molecule has 2 amide bonds. The van der Waals surface area contributed by atoms with Gasteiger partial charge in [-0.1, -0.05) is 12.1 Å². The summed E-state index contributed by atoms with van der Waals surface area (Å²) in [6.45, 7) is 0.501. The molecule has 0 aromatic heterocycles. The number of amides is 2. The highest BCUT2D eigenvalue weighted by Gasteiger charge is 2.13. The summed E-state index contributed by atoms with van der Waals surface area (Å²) in [6, 6.07) is 11.8. The van der Waals surface area contributed by atoms with Crippen LogP contribution in [0.5, 0.6) is 17.2 Å². The number of hydrogen-bond donors (Lipinski definition) is 3. The van der Waals surface area contributed by atoms with E-state index >= 15 is 0 Å². The number of methoxy groups -OCH3 is 2. The molecule has 8 nitrogen and oxygen atoms in total. The zero-order chi connectivity index (χ0) is 19.6. The number of rotatable bonds is 9. The molecule has 0 fully saturated rings. The Hall–Kier alpha value is -3.26. The summed E-state index contributed by atoms with van der Waals surface area (Å²) in [5.41, 5.74) is 6.33. The molecule has 0 aliphatic carbocycles. The first-order valence-corrected chi connectivity index (χ1v) is 8.31. The van der Waals surface area contributed by atoms with Gasteiger partial charge in [-0.3, -0.25) is 9.59 Å². The van der Waals surface area contributed by atoms with Crippen molar-refractivity contribution in [2.24, 2.45) is 5.73 Å². The lowest BCUT2D eigenvalue weighted by Crippen LogP contribution is -2.29. The standard InChI is InChI=1S/C19H23N3O5/c1-25-15-6-4-3-5-14(15)22-18(23)12-27-16-8-7-13(11-17(16)26-2)19(24)21-10-9-20/h3-8,11H,9-10,12,20H2,1-2H3,(H,21,24)(H,22,23). The van der Waals surface area contributed by atoms with Crippen LogP contribution in [0.1, 0.15) is 10.4 Å². The van der Waals surface area contributed by atoms with E-state index < -0.39 is 0 Å². The molecule has 4 N–H and O–H groups in total. The number of nitrogens with two attached hydrogens (primary N) is 1. The van der Waals surface area contributed by atoms with E-state index in [-0.39, 0.29) is 18.4 Å². The third kappa shape index (κ3) is 5.61.